The van der Waals surface area contributed by atoms with Crippen LogP contribution in [0.3, 0.4) is 0 Å². The van der Waals surface area contributed by atoms with Gasteiger partial charge >= 0.3 is 12.3 Å². The third-order valence-electron chi connectivity index (χ3n) is 7.57. The molecule has 5 rings (SSSR count). The summed E-state index contributed by atoms with van der Waals surface area (Å²) in [6.07, 6.45) is -0.469. The van der Waals surface area contributed by atoms with E-state index in [-0.39, 0.29) is 23.3 Å². The highest BCUT2D eigenvalue weighted by Gasteiger charge is 2.49. The first kappa shape index (κ1) is 20.8. The number of piperidine rings is 2. The van der Waals surface area contributed by atoms with Crippen molar-refractivity contribution in [2.24, 2.45) is 0 Å². The monoisotopic (exact) mass is 442 g/mol. The molecule has 0 N–H and O–H groups in total. The number of nitrogens with zero attached hydrogens (tertiary/aromatic N) is 2. The van der Waals surface area contributed by atoms with E-state index in [0.717, 1.165) is 62.9 Å². The molecule has 1 aromatic carbocycles. The van der Waals surface area contributed by atoms with Crippen molar-refractivity contribution >= 4 is 6.09 Å². The number of fused-ring (bicyclic) bond motifs is 4. The van der Waals surface area contributed by atoms with Crippen molar-refractivity contribution in [3.05, 3.63) is 29.6 Å². The van der Waals surface area contributed by atoms with Gasteiger partial charge in [0.25, 0.3) is 0 Å². The fourth-order valence-electron chi connectivity index (χ4n) is 6.03. The predicted octanol–water partition coefficient (Wildman–Crippen LogP) is 4.25. The normalized spacial score (nSPS) is 29.7. The van der Waals surface area contributed by atoms with E-state index in [1.165, 1.54) is 11.0 Å². The van der Waals surface area contributed by atoms with Gasteiger partial charge in [0.2, 0.25) is 0 Å². The number of hydrogen-bond acceptors (Lipinski definition) is 4. The molecule has 1 aromatic rings. The Morgan fingerprint density at radius 1 is 1.13 bits per heavy atom. The van der Waals surface area contributed by atoms with Crippen LogP contribution in [0.15, 0.2) is 18.2 Å². The fraction of sp³-hybridized carbons (Fsp3) is 0.682. The number of alkyl halides is 3. The summed E-state index contributed by atoms with van der Waals surface area (Å²) in [7, 11) is 0. The fourth-order valence-corrected chi connectivity index (χ4v) is 6.03. The van der Waals surface area contributed by atoms with E-state index < -0.39 is 18.9 Å². The maximum absolute atomic E-state index is 13.8. The maximum atomic E-state index is 13.8. The van der Waals surface area contributed by atoms with Gasteiger partial charge in [-0.1, -0.05) is 0 Å². The second kappa shape index (κ2) is 7.53. The molecule has 0 aromatic heterocycles. The highest BCUT2D eigenvalue weighted by molar-refractivity contribution is 5.69. The van der Waals surface area contributed by atoms with E-state index in [2.05, 4.69) is 9.64 Å². The number of halogens is 4. The van der Waals surface area contributed by atoms with Gasteiger partial charge in [0.15, 0.2) is 6.61 Å². The highest BCUT2D eigenvalue weighted by Crippen LogP contribution is 2.47. The third-order valence-corrected chi connectivity index (χ3v) is 7.57. The van der Waals surface area contributed by atoms with Gasteiger partial charge in [-0.2, -0.15) is 13.2 Å². The summed E-state index contributed by atoms with van der Waals surface area (Å²) in [4.78, 5) is 16.2. The lowest BCUT2D eigenvalue weighted by Gasteiger charge is -2.46. The molecule has 0 aliphatic carbocycles. The molecule has 170 valence electrons. The molecule has 0 saturated carbocycles. The van der Waals surface area contributed by atoms with Crippen LogP contribution >= 0.6 is 0 Å². The summed E-state index contributed by atoms with van der Waals surface area (Å²) >= 11 is 0. The summed E-state index contributed by atoms with van der Waals surface area (Å²) in [6, 6.07) is 4.90. The van der Waals surface area contributed by atoms with Crippen molar-refractivity contribution in [1.29, 1.82) is 0 Å². The Hall–Kier alpha value is -2.03. The molecular weight excluding hydrogens is 416 g/mol. The summed E-state index contributed by atoms with van der Waals surface area (Å²) in [5, 5.41) is 0. The second-order valence-corrected chi connectivity index (χ2v) is 9.33. The second-order valence-electron chi connectivity index (χ2n) is 9.33. The van der Waals surface area contributed by atoms with Crippen molar-refractivity contribution < 1.29 is 31.8 Å². The van der Waals surface area contributed by atoms with Crippen molar-refractivity contribution in [3.63, 3.8) is 0 Å². The molecule has 0 radical (unpaired) electrons. The Kier molecular flexibility index (Phi) is 5.07. The standard InChI is InChI=1S/C22H26F4N2O3/c23-14-1-4-19-18(9-14)21(12-30-19)5-7-27(8-6-21)17-10-15-2-3-16(11-17)28(15)20(29)31-13-22(24,25)26/h1,4,9,15-17H,2-3,5-8,10-13H2. The molecule has 3 saturated heterocycles. The third kappa shape index (κ3) is 3.85. The Morgan fingerprint density at radius 2 is 1.81 bits per heavy atom. The van der Waals surface area contributed by atoms with E-state index >= 15 is 0 Å². The van der Waals surface area contributed by atoms with E-state index in [1.54, 1.807) is 12.1 Å². The maximum Gasteiger partial charge on any atom is 0.422 e. The first-order valence-electron chi connectivity index (χ1n) is 10.9. The van der Waals surface area contributed by atoms with E-state index in [0.29, 0.717) is 12.6 Å². The Morgan fingerprint density at radius 3 is 2.45 bits per heavy atom. The quantitative estimate of drug-likeness (QED) is 0.643. The molecule has 3 fully saturated rings. The van der Waals surface area contributed by atoms with Crippen molar-refractivity contribution in [3.8, 4) is 5.75 Å². The zero-order chi connectivity index (χ0) is 21.8. The Labute approximate surface area is 178 Å². The van der Waals surface area contributed by atoms with Crippen LogP contribution in [0, 0.1) is 5.82 Å². The number of likely N-dealkylation sites (tertiary alicyclic amines) is 1. The van der Waals surface area contributed by atoms with Crippen LogP contribution in [0.1, 0.15) is 44.1 Å². The molecule has 2 atom stereocenters. The lowest BCUT2D eigenvalue weighted by Crippen LogP contribution is -2.55. The molecule has 1 amide bonds. The molecule has 31 heavy (non-hydrogen) atoms. The zero-order valence-electron chi connectivity index (χ0n) is 17.2. The first-order chi connectivity index (χ1) is 14.7. The minimum Gasteiger partial charge on any atom is -0.492 e. The number of ether oxygens (including phenoxy) is 2. The molecule has 1 spiro atoms. The Bertz CT molecular complexity index is 840. The number of carbonyl (C=O) groups is 1. The molecule has 4 aliphatic heterocycles. The van der Waals surface area contributed by atoms with Gasteiger partial charge in [-0.05, 0) is 69.8 Å². The van der Waals surface area contributed by atoms with Gasteiger partial charge in [-0.3, -0.25) is 0 Å². The van der Waals surface area contributed by atoms with E-state index in [4.69, 9.17) is 4.74 Å². The molecular formula is C22H26F4N2O3. The molecule has 4 aliphatic rings. The zero-order valence-corrected chi connectivity index (χ0v) is 17.2. The van der Waals surface area contributed by atoms with Crippen LogP contribution in [0.5, 0.6) is 5.75 Å². The molecule has 4 heterocycles. The number of benzene rings is 1. The van der Waals surface area contributed by atoms with Crippen LogP contribution < -0.4 is 4.74 Å². The first-order valence-corrected chi connectivity index (χ1v) is 10.9. The average Bonchev–Trinajstić information content (AvgIpc) is 3.20. The minimum atomic E-state index is -4.51. The smallest absolute Gasteiger partial charge is 0.422 e. The average molecular weight is 442 g/mol. The summed E-state index contributed by atoms with van der Waals surface area (Å²) in [6.45, 7) is 0.766. The Balaban J connectivity index is 1.20. The largest absolute Gasteiger partial charge is 0.492 e. The number of amides is 1. The highest BCUT2D eigenvalue weighted by atomic mass is 19.4. The van der Waals surface area contributed by atoms with Crippen molar-refractivity contribution in [2.45, 2.75) is 68.2 Å². The van der Waals surface area contributed by atoms with Gasteiger partial charge in [-0.15, -0.1) is 0 Å². The van der Waals surface area contributed by atoms with Crippen molar-refractivity contribution in [1.82, 2.24) is 9.80 Å². The molecule has 2 unspecified atom stereocenters. The summed E-state index contributed by atoms with van der Waals surface area (Å²) < 4.78 is 61.4. The van der Waals surface area contributed by atoms with Gasteiger partial charge in [0, 0.05) is 29.1 Å². The minimum absolute atomic E-state index is 0.0648. The lowest BCUT2D eigenvalue weighted by molar-refractivity contribution is -0.163. The number of carbonyl (C=O) groups excluding carboxylic acids is 1. The SMILES string of the molecule is O=C(OCC(F)(F)F)N1C2CCC1CC(N1CCC3(CC1)COc1ccc(F)cc13)C2. The van der Waals surface area contributed by atoms with Gasteiger partial charge < -0.3 is 19.3 Å². The van der Waals surface area contributed by atoms with Gasteiger partial charge in [-0.25, -0.2) is 9.18 Å². The van der Waals surface area contributed by atoms with Gasteiger partial charge in [0.1, 0.15) is 11.6 Å². The van der Waals surface area contributed by atoms with Crippen LogP contribution in [0.4, 0.5) is 22.4 Å². The molecule has 2 bridgehead atoms. The summed E-state index contributed by atoms with van der Waals surface area (Å²) in [5.74, 6) is 0.533. The van der Waals surface area contributed by atoms with Crippen LogP contribution in [0.25, 0.3) is 0 Å². The van der Waals surface area contributed by atoms with E-state index in [1.807, 2.05) is 0 Å². The lowest BCUT2D eigenvalue weighted by atomic mass is 9.74. The van der Waals surface area contributed by atoms with Crippen molar-refractivity contribution in [2.75, 3.05) is 26.3 Å². The molecule has 9 heteroatoms. The predicted molar refractivity (Wildman–Crippen MR) is 103 cm³/mol. The van der Waals surface area contributed by atoms with Crippen LogP contribution in [-0.2, 0) is 10.2 Å². The molecule has 5 nitrogen and oxygen atoms in total. The summed E-state index contributed by atoms with van der Waals surface area (Å²) in [5.41, 5.74) is 0.823. The van der Waals surface area contributed by atoms with Crippen LogP contribution in [-0.4, -0.2) is 66.5 Å². The number of rotatable bonds is 2. The van der Waals surface area contributed by atoms with Gasteiger partial charge in [0.05, 0.1) is 6.61 Å². The number of hydrogen-bond donors (Lipinski definition) is 0. The van der Waals surface area contributed by atoms with E-state index in [9.17, 15) is 22.4 Å². The van der Waals surface area contributed by atoms with Crippen LogP contribution in [0.2, 0.25) is 0 Å². The topological polar surface area (TPSA) is 42.0 Å².